The maximum absolute atomic E-state index is 10.9. The van der Waals surface area contributed by atoms with Crippen LogP contribution in [0.25, 0.3) is 0 Å². The van der Waals surface area contributed by atoms with E-state index in [4.69, 9.17) is 14.6 Å². The van der Waals surface area contributed by atoms with E-state index in [2.05, 4.69) is 6.58 Å². The van der Waals surface area contributed by atoms with E-state index in [0.29, 0.717) is 12.0 Å². The summed E-state index contributed by atoms with van der Waals surface area (Å²) in [7, 11) is 0. The normalized spacial score (nSPS) is 12.2. The van der Waals surface area contributed by atoms with Crippen LogP contribution >= 0.6 is 0 Å². The highest BCUT2D eigenvalue weighted by Gasteiger charge is 2.04. The molecule has 0 aliphatic heterocycles. The number of carbonyl (C=O) groups is 1. The number of rotatable bonds is 7. The summed E-state index contributed by atoms with van der Waals surface area (Å²) in [5.74, 6) is -0.432. The van der Waals surface area contributed by atoms with Gasteiger partial charge in [0, 0.05) is 5.57 Å². The molecule has 1 atom stereocenters. The zero-order valence-corrected chi connectivity index (χ0v) is 8.78. The van der Waals surface area contributed by atoms with Crippen LogP contribution in [0, 0.1) is 0 Å². The minimum atomic E-state index is -0.761. The molecule has 0 heterocycles. The monoisotopic (exact) mass is 202 g/mol. The van der Waals surface area contributed by atoms with Gasteiger partial charge in [-0.15, -0.1) is 0 Å². The van der Waals surface area contributed by atoms with Gasteiger partial charge in [-0.3, -0.25) is 0 Å². The van der Waals surface area contributed by atoms with Crippen molar-refractivity contribution >= 4 is 5.97 Å². The Bertz CT molecular complexity index is 189. The van der Waals surface area contributed by atoms with Crippen LogP contribution in [0.4, 0.5) is 0 Å². The SMILES string of the molecule is C=C(C)C(=O)OCCOC(O)CCC. The topological polar surface area (TPSA) is 55.8 Å². The summed E-state index contributed by atoms with van der Waals surface area (Å²) in [5, 5.41) is 9.14. The van der Waals surface area contributed by atoms with Gasteiger partial charge in [0.2, 0.25) is 0 Å². The predicted molar refractivity (Wildman–Crippen MR) is 52.6 cm³/mol. The molecule has 0 saturated carbocycles. The van der Waals surface area contributed by atoms with Crippen LogP contribution < -0.4 is 0 Å². The Morgan fingerprint density at radius 3 is 2.64 bits per heavy atom. The summed E-state index contributed by atoms with van der Waals surface area (Å²) in [5.41, 5.74) is 0.360. The van der Waals surface area contributed by atoms with Crippen LogP contribution in [0.1, 0.15) is 26.7 Å². The lowest BCUT2D eigenvalue weighted by atomic mass is 10.3. The van der Waals surface area contributed by atoms with Gasteiger partial charge in [0.25, 0.3) is 0 Å². The number of hydrogen-bond donors (Lipinski definition) is 1. The van der Waals surface area contributed by atoms with E-state index in [9.17, 15) is 4.79 Å². The van der Waals surface area contributed by atoms with Gasteiger partial charge >= 0.3 is 5.97 Å². The average Bonchev–Trinajstić information content (AvgIpc) is 2.12. The van der Waals surface area contributed by atoms with Gasteiger partial charge < -0.3 is 14.6 Å². The van der Waals surface area contributed by atoms with Gasteiger partial charge in [0.15, 0.2) is 6.29 Å². The number of aliphatic hydroxyl groups is 1. The molecule has 1 N–H and O–H groups in total. The molecule has 0 radical (unpaired) electrons. The summed E-state index contributed by atoms with van der Waals surface area (Å²) in [6.45, 7) is 7.32. The Morgan fingerprint density at radius 2 is 2.14 bits per heavy atom. The number of aliphatic hydroxyl groups excluding tert-OH is 1. The predicted octanol–water partition coefficient (Wildman–Crippen LogP) is 1.24. The van der Waals surface area contributed by atoms with Gasteiger partial charge in [0.05, 0.1) is 6.61 Å². The maximum atomic E-state index is 10.9. The smallest absolute Gasteiger partial charge is 0.333 e. The molecule has 0 aromatic heterocycles. The Kier molecular flexibility index (Phi) is 7.06. The van der Waals surface area contributed by atoms with Crippen molar-refractivity contribution < 1.29 is 19.4 Å². The third-order valence-electron chi connectivity index (χ3n) is 1.51. The van der Waals surface area contributed by atoms with Crippen molar-refractivity contribution in [2.24, 2.45) is 0 Å². The molecule has 4 nitrogen and oxygen atoms in total. The van der Waals surface area contributed by atoms with Gasteiger partial charge in [0.1, 0.15) is 6.61 Å². The van der Waals surface area contributed by atoms with Gasteiger partial charge in [-0.2, -0.15) is 0 Å². The second-order valence-electron chi connectivity index (χ2n) is 3.03. The van der Waals surface area contributed by atoms with E-state index in [1.54, 1.807) is 6.92 Å². The molecule has 1 unspecified atom stereocenters. The standard InChI is InChI=1S/C10H18O4/c1-4-5-9(11)13-6-7-14-10(12)8(2)3/h9,11H,2,4-7H2,1,3H3. The van der Waals surface area contributed by atoms with E-state index in [-0.39, 0.29) is 13.2 Å². The van der Waals surface area contributed by atoms with Crippen molar-refractivity contribution in [1.82, 2.24) is 0 Å². The zero-order chi connectivity index (χ0) is 11.0. The maximum Gasteiger partial charge on any atom is 0.333 e. The molecular formula is C10H18O4. The van der Waals surface area contributed by atoms with Gasteiger partial charge in [-0.1, -0.05) is 19.9 Å². The second kappa shape index (κ2) is 7.53. The fraction of sp³-hybridized carbons (Fsp3) is 0.700. The van der Waals surface area contributed by atoms with E-state index < -0.39 is 12.3 Å². The summed E-state index contributed by atoms with van der Waals surface area (Å²) in [6, 6.07) is 0. The molecule has 82 valence electrons. The lowest BCUT2D eigenvalue weighted by Gasteiger charge is -2.10. The first kappa shape index (κ1) is 13.1. The Hall–Kier alpha value is -0.870. The summed E-state index contributed by atoms with van der Waals surface area (Å²) in [4.78, 5) is 10.9. The summed E-state index contributed by atoms with van der Waals surface area (Å²) in [6.07, 6.45) is 0.685. The Balaban J connectivity index is 3.37. The van der Waals surface area contributed by atoms with E-state index in [1.807, 2.05) is 6.92 Å². The second-order valence-corrected chi connectivity index (χ2v) is 3.03. The van der Waals surface area contributed by atoms with Gasteiger partial charge in [-0.25, -0.2) is 4.79 Å². The minimum absolute atomic E-state index is 0.145. The van der Waals surface area contributed by atoms with Crippen molar-refractivity contribution in [2.45, 2.75) is 33.0 Å². The molecule has 0 aliphatic carbocycles. The number of esters is 1. The largest absolute Gasteiger partial charge is 0.460 e. The van der Waals surface area contributed by atoms with E-state index >= 15 is 0 Å². The van der Waals surface area contributed by atoms with Crippen LogP contribution in [0.5, 0.6) is 0 Å². The summed E-state index contributed by atoms with van der Waals surface area (Å²) >= 11 is 0. The average molecular weight is 202 g/mol. The van der Waals surface area contributed by atoms with E-state index in [0.717, 1.165) is 6.42 Å². The highest BCUT2D eigenvalue weighted by Crippen LogP contribution is 1.98. The first-order valence-corrected chi connectivity index (χ1v) is 4.70. The van der Waals surface area contributed by atoms with Crippen LogP contribution in [0.3, 0.4) is 0 Å². The fourth-order valence-corrected chi connectivity index (χ4v) is 0.772. The number of hydrogen-bond acceptors (Lipinski definition) is 4. The molecule has 0 aliphatic rings. The summed E-state index contributed by atoms with van der Waals surface area (Å²) < 4.78 is 9.72. The van der Waals surface area contributed by atoms with Crippen LogP contribution in [-0.4, -0.2) is 30.6 Å². The van der Waals surface area contributed by atoms with E-state index in [1.165, 1.54) is 0 Å². The van der Waals surface area contributed by atoms with Crippen molar-refractivity contribution in [3.05, 3.63) is 12.2 Å². The lowest BCUT2D eigenvalue weighted by Crippen LogP contribution is -2.17. The third-order valence-corrected chi connectivity index (χ3v) is 1.51. The number of ether oxygens (including phenoxy) is 2. The highest BCUT2D eigenvalue weighted by atomic mass is 16.6. The van der Waals surface area contributed by atoms with Crippen LogP contribution in [0.2, 0.25) is 0 Å². The third kappa shape index (κ3) is 6.62. The zero-order valence-electron chi connectivity index (χ0n) is 8.78. The number of carbonyl (C=O) groups excluding carboxylic acids is 1. The Morgan fingerprint density at radius 1 is 1.50 bits per heavy atom. The van der Waals surface area contributed by atoms with Crippen LogP contribution in [-0.2, 0) is 14.3 Å². The van der Waals surface area contributed by atoms with Crippen LogP contribution in [0.15, 0.2) is 12.2 Å². The van der Waals surface area contributed by atoms with Crippen molar-refractivity contribution in [1.29, 1.82) is 0 Å². The molecule has 0 spiro atoms. The Labute approximate surface area is 84.5 Å². The van der Waals surface area contributed by atoms with Crippen molar-refractivity contribution in [3.63, 3.8) is 0 Å². The molecule has 0 amide bonds. The van der Waals surface area contributed by atoms with Crippen molar-refractivity contribution in [2.75, 3.05) is 13.2 Å². The first-order chi connectivity index (χ1) is 6.57. The quantitative estimate of drug-likeness (QED) is 0.292. The molecule has 0 rings (SSSR count). The molecule has 4 heteroatoms. The highest BCUT2D eigenvalue weighted by molar-refractivity contribution is 5.86. The molecule has 0 aromatic carbocycles. The molecule has 0 fully saturated rings. The molecule has 0 aromatic rings. The molecule has 0 saturated heterocycles. The van der Waals surface area contributed by atoms with Crippen molar-refractivity contribution in [3.8, 4) is 0 Å². The first-order valence-electron chi connectivity index (χ1n) is 4.70. The lowest BCUT2D eigenvalue weighted by molar-refractivity contribution is -0.147. The molecular weight excluding hydrogens is 184 g/mol. The van der Waals surface area contributed by atoms with Gasteiger partial charge in [-0.05, 0) is 13.3 Å². The minimum Gasteiger partial charge on any atom is -0.460 e. The fourth-order valence-electron chi connectivity index (χ4n) is 0.772. The molecule has 0 bridgehead atoms. The molecule has 14 heavy (non-hydrogen) atoms.